The number of nitrogens with zero attached hydrogens (tertiary/aromatic N) is 1. The van der Waals surface area contributed by atoms with Gasteiger partial charge in [-0.2, -0.15) is 8.42 Å². The molecule has 0 aliphatic carbocycles. The molecule has 1 heterocycles. The SMILES string of the molecule is COC(=O)C1=C[C@@H](OS(C)(=O)=O)CN(Cc2ccccc2)C1. The summed E-state index contributed by atoms with van der Waals surface area (Å²) in [7, 11) is -2.30. The van der Waals surface area contributed by atoms with Crippen LogP contribution in [0, 0.1) is 0 Å². The number of methoxy groups -OCH3 is 1. The van der Waals surface area contributed by atoms with E-state index in [1.54, 1.807) is 0 Å². The minimum Gasteiger partial charge on any atom is -0.466 e. The largest absolute Gasteiger partial charge is 0.466 e. The molecule has 0 saturated carbocycles. The van der Waals surface area contributed by atoms with Crippen molar-refractivity contribution in [2.45, 2.75) is 12.6 Å². The van der Waals surface area contributed by atoms with Gasteiger partial charge in [-0.25, -0.2) is 4.79 Å². The highest BCUT2D eigenvalue weighted by Crippen LogP contribution is 2.17. The van der Waals surface area contributed by atoms with E-state index in [1.165, 1.54) is 13.2 Å². The zero-order valence-electron chi connectivity index (χ0n) is 12.6. The van der Waals surface area contributed by atoms with E-state index in [9.17, 15) is 13.2 Å². The Hall–Kier alpha value is -1.70. The van der Waals surface area contributed by atoms with Gasteiger partial charge in [-0.15, -0.1) is 0 Å². The van der Waals surface area contributed by atoms with Crippen molar-refractivity contribution < 1.29 is 22.1 Å². The molecule has 1 aliphatic rings. The summed E-state index contributed by atoms with van der Waals surface area (Å²) in [5.74, 6) is -0.472. The normalized spacial score (nSPS) is 19.5. The summed E-state index contributed by atoms with van der Waals surface area (Å²) in [6, 6.07) is 9.74. The first kappa shape index (κ1) is 16.7. The van der Waals surface area contributed by atoms with Crippen LogP contribution in [0.25, 0.3) is 0 Å². The second-order valence-corrected chi connectivity index (χ2v) is 6.78. The Bertz CT molecular complexity index is 654. The first-order valence-corrected chi connectivity index (χ1v) is 8.62. The van der Waals surface area contributed by atoms with Gasteiger partial charge in [-0.1, -0.05) is 30.3 Å². The lowest BCUT2D eigenvalue weighted by molar-refractivity contribution is -0.136. The molecule has 1 aromatic rings. The molecule has 7 heteroatoms. The number of hydrogen-bond acceptors (Lipinski definition) is 6. The fraction of sp³-hybridized carbons (Fsp3) is 0.400. The third-order valence-corrected chi connectivity index (χ3v) is 3.81. The molecule has 0 spiro atoms. The molecule has 0 N–H and O–H groups in total. The standard InChI is InChI=1S/C15H19NO5S/c1-20-15(17)13-8-14(21-22(2,18)19)11-16(10-13)9-12-6-4-3-5-7-12/h3-8,14H,9-11H2,1-2H3/t14-/m1/s1. The molecular weight excluding hydrogens is 306 g/mol. The Labute approximate surface area is 130 Å². The topological polar surface area (TPSA) is 72.9 Å². The third kappa shape index (κ3) is 4.94. The molecule has 0 saturated heterocycles. The molecule has 0 unspecified atom stereocenters. The van der Waals surface area contributed by atoms with Gasteiger partial charge < -0.3 is 4.74 Å². The number of esters is 1. The van der Waals surface area contributed by atoms with E-state index in [1.807, 2.05) is 35.2 Å². The summed E-state index contributed by atoms with van der Waals surface area (Å²) in [5.41, 5.74) is 1.48. The molecule has 6 nitrogen and oxygen atoms in total. The average Bonchev–Trinajstić information content (AvgIpc) is 2.45. The van der Waals surface area contributed by atoms with E-state index in [-0.39, 0.29) is 0 Å². The van der Waals surface area contributed by atoms with Crippen molar-refractivity contribution in [3.8, 4) is 0 Å². The molecule has 1 aromatic carbocycles. The Balaban J connectivity index is 2.16. The molecule has 0 aromatic heterocycles. The van der Waals surface area contributed by atoms with Gasteiger partial charge in [-0.05, 0) is 11.6 Å². The molecule has 0 bridgehead atoms. The number of hydrogen-bond donors (Lipinski definition) is 0. The number of rotatable bonds is 5. The quantitative estimate of drug-likeness (QED) is 0.593. The van der Waals surface area contributed by atoms with Crippen molar-refractivity contribution in [2.75, 3.05) is 26.5 Å². The Morgan fingerprint density at radius 2 is 2.00 bits per heavy atom. The predicted octanol–water partition coefficient (Wildman–Crippen LogP) is 0.946. The van der Waals surface area contributed by atoms with Crippen LogP contribution >= 0.6 is 0 Å². The van der Waals surface area contributed by atoms with Crippen molar-refractivity contribution in [1.29, 1.82) is 0 Å². The van der Waals surface area contributed by atoms with Crippen LogP contribution in [0.1, 0.15) is 5.56 Å². The Kier molecular flexibility index (Phi) is 5.33. The second kappa shape index (κ2) is 7.04. The Morgan fingerprint density at radius 1 is 1.32 bits per heavy atom. The number of benzene rings is 1. The third-order valence-electron chi connectivity index (χ3n) is 3.21. The van der Waals surface area contributed by atoms with Crippen LogP contribution in [-0.2, 0) is 30.4 Å². The summed E-state index contributed by atoms with van der Waals surface area (Å²) in [5, 5.41) is 0. The van der Waals surface area contributed by atoms with Gasteiger partial charge in [0.15, 0.2) is 0 Å². The van der Waals surface area contributed by atoms with Crippen LogP contribution < -0.4 is 0 Å². The molecule has 22 heavy (non-hydrogen) atoms. The highest BCUT2D eigenvalue weighted by molar-refractivity contribution is 7.86. The monoisotopic (exact) mass is 325 g/mol. The summed E-state index contributed by atoms with van der Waals surface area (Å²) < 4.78 is 32.4. The smallest absolute Gasteiger partial charge is 0.334 e. The molecule has 0 radical (unpaired) electrons. The lowest BCUT2D eigenvalue weighted by atomic mass is 10.1. The van der Waals surface area contributed by atoms with Gasteiger partial charge in [0.25, 0.3) is 10.1 Å². The molecule has 0 fully saturated rings. The molecule has 1 aliphatic heterocycles. The van der Waals surface area contributed by atoms with Crippen LogP contribution in [0.15, 0.2) is 42.0 Å². The first-order chi connectivity index (χ1) is 10.4. The summed E-state index contributed by atoms with van der Waals surface area (Å²) >= 11 is 0. The predicted molar refractivity (Wildman–Crippen MR) is 81.5 cm³/mol. The van der Waals surface area contributed by atoms with Crippen molar-refractivity contribution in [3.05, 3.63) is 47.5 Å². The summed E-state index contributed by atoms with van der Waals surface area (Å²) in [4.78, 5) is 13.7. The van der Waals surface area contributed by atoms with Crippen molar-refractivity contribution in [2.24, 2.45) is 0 Å². The molecule has 120 valence electrons. The highest BCUT2D eigenvalue weighted by Gasteiger charge is 2.27. The summed E-state index contributed by atoms with van der Waals surface area (Å²) in [6.07, 6.45) is 1.82. The summed E-state index contributed by atoms with van der Waals surface area (Å²) in [6.45, 7) is 1.38. The van der Waals surface area contributed by atoms with Crippen molar-refractivity contribution >= 4 is 16.1 Å². The van der Waals surface area contributed by atoms with Crippen molar-refractivity contribution in [1.82, 2.24) is 4.90 Å². The minimum absolute atomic E-state index is 0.391. The van der Waals surface area contributed by atoms with Crippen LogP contribution in [0.4, 0.5) is 0 Å². The maximum absolute atomic E-state index is 11.8. The zero-order valence-corrected chi connectivity index (χ0v) is 13.4. The van der Waals surface area contributed by atoms with E-state index in [4.69, 9.17) is 8.92 Å². The van der Waals surface area contributed by atoms with Gasteiger partial charge in [-0.3, -0.25) is 9.08 Å². The van der Waals surface area contributed by atoms with E-state index >= 15 is 0 Å². The van der Waals surface area contributed by atoms with E-state index in [0.717, 1.165) is 11.8 Å². The number of ether oxygens (including phenoxy) is 1. The Morgan fingerprint density at radius 3 is 2.59 bits per heavy atom. The van der Waals surface area contributed by atoms with Gasteiger partial charge in [0.1, 0.15) is 6.10 Å². The van der Waals surface area contributed by atoms with Crippen LogP contribution in [-0.4, -0.2) is 51.8 Å². The number of carbonyl (C=O) groups is 1. The lowest BCUT2D eigenvalue weighted by Gasteiger charge is -2.30. The molecule has 2 rings (SSSR count). The van der Waals surface area contributed by atoms with E-state index in [0.29, 0.717) is 25.2 Å². The molecule has 1 atom stereocenters. The zero-order chi connectivity index (χ0) is 16.2. The lowest BCUT2D eigenvalue weighted by Crippen LogP contribution is -2.40. The minimum atomic E-state index is -3.60. The van der Waals surface area contributed by atoms with Gasteiger partial charge in [0, 0.05) is 25.2 Å². The van der Waals surface area contributed by atoms with Crippen LogP contribution in [0.5, 0.6) is 0 Å². The molecule has 0 amide bonds. The first-order valence-electron chi connectivity index (χ1n) is 6.81. The van der Waals surface area contributed by atoms with Crippen LogP contribution in [0.2, 0.25) is 0 Å². The van der Waals surface area contributed by atoms with Crippen LogP contribution in [0.3, 0.4) is 0 Å². The maximum atomic E-state index is 11.8. The number of carbonyl (C=O) groups excluding carboxylic acids is 1. The van der Waals surface area contributed by atoms with Gasteiger partial charge >= 0.3 is 5.97 Å². The fourth-order valence-corrected chi connectivity index (χ4v) is 2.96. The van der Waals surface area contributed by atoms with E-state index in [2.05, 4.69) is 0 Å². The van der Waals surface area contributed by atoms with E-state index < -0.39 is 22.2 Å². The van der Waals surface area contributed by atoms with Crippen molar-refractivity contribution in [3.63, 3.8) is 0 Å². The van der Waals surface area contributed by atoms with Gasteiger partial charge in [0.2, 0.25) is 0 Å². The second-order valence-electron chi connectivity index (χ2n) is 5.18. The molecular formula is C15H19NO5S. The average molecular weight is 325 g/mol. The van der Waals surface area contributed by atoms with Gasteiger partial charge in [0.05, 0.1) is 13.4 Å². The maximum Gasteiger partial charge on any atom is 0.334 e. The fourth-order valence-electron chi connectivity index (χ4n) is 2.40. The highest BCUT2D eigenvalue weighted by atomic mass is 32.2.